The van der Waals surface area contributed by atoms with Gasteiger partial charge in [-0.2, -0.15) is 0 Å². The Hall–Kier alpha value is -3.62. The van der Waals surface area contributed by atoms with Crippen LogP contribution in [0, 0.1) is 5.92 Å². The summed E-state index contributed by atoms with van der Waals surface area (Å²) in [5.74, 6) is -1.26. The summed E-state index contributed by atoms with van der Waals surface area (Å²) in [6.07, 6.45) is 3.21. The number of pyridine rings is 1. The summed E-state index contributed by atoms with van der Waals surface area (Å²) in [6, 6.07) is 15.4. The molecule has 0 aliphatic carbocycles. The van der Waals surface area contributed by atoms with Crippen molar-refractivity contribution < 1.29 is 14.4 Å². The molecule has 4 rings (SSSR count). The SMILES string of the molecule is CCC[C@@H](NC(=O)N1C(=O)[C@H](Cc2ccnc(N)c2)[C@H]1C(=O)N(C)c1cccc(Cl)c1)c1cccc(Cl)c1. The molecule has 0 saturated carbocycles. The standard InChI is InChI=1S/C28H29Cl2N5O3/c1-3-6-23(18-7-4-8-19(29)15-18)33-28(38)35-25(27(37)34(2)21-10-5-9-20(30)16-21)22(26(35)36)13-17-11-12-32-24(31)14-17/h4-5,7-12,14-16,22-23,25H,3,6,13H2,1-2H3,(H2,31,32)(H,33,38)/t22-,23-,25+/m1/s1. The Morgan fingerprint density at radius 1 is 1.11 bits per heavy atom. The number of imide groups is 1. The Balaban J connectivity index is 1.62. The number of halogens is 2. The summed E-state index contributed by atoms with van der Waals surface area (Å²) >= 11 is 12.3. The number of aromatic nitrogens is 1. The fourth-order valence-electron chi connectivity index (χ4n) is 4.69. The fraction of sp³-hybridized carbons (Fsp3) is 0.286. The van der Waals surface area contributed by atoms with Crippen molar-refractivity contribution in [3.8, 4) is 0 Å². The molecule has 0 radical (unpaired) electrons. The van der Waals surface area contributed by atoms with Gasteiger partial charge in [0.1, 0.15) is 11.9 Å². The Bertz CT molecular complexity index is 1350. The van der Waals surface area contributed by atoms with Crippen molar-refractivity contribution >= 4 is 52.6 Å². The van der Waals surface area contributed by atoms with Gasteiger partial charge in [0.05, 0.1) is 12.0 Å². The zero-order valence-corrected chi connectivity index (χ0v) is 22.6. The van der Waals surface area contributed by atoms with Crippen LogP contribution in [0.15, 0.2) is 66.9 Å². The lowest BCUT2D eigenvalue weighted by Gasteiger charge is -2.46. The minimum absolute atomic E-state index is 0.238. The number of carbonyl (C=O) groups is 3. The lowest BCUT2D eigenvalue weighted by Crippen LogP contribution is -2.70. The molecule has 0 bridgehead atoms. The molecule has 3 N–H and O–H groups in total. The third-order valence-corrected chi connectivity index (χ3v) is 7.11. The Labute approximate surface area is 231 Å². The molecule has 8 nitrogen and oxygen atoms in total. The first-order valence-corrected chi connectivity index (χ1v) is 13.1. The van der Waals surface area contributed by atoms with Crippen LogP contribution in [0.4, 0.5) is 16.3 Å². The molecule has 1 aromatic heterocycles. The maximum Gasteiger partial charge on any atom is 0.325 e. The van der Waals surface area contributed by atoms with Gasteiger partial charge in [-0.1, -0.05) is 54.7 Å². The lowest BCUT2D eigenvalue weighted by atomic mass is 9.81. The third kappa shape index (κ3) is 5.92. The van der Waals surface area contributed by atoms with Gasteiger partial charge in [-0.15, -0.1) is 0 Å². The predicted molar refractivity (Wildman–Crippen MR) is 149 cm³/mol. The fourth-order valence-corrected chi connectivity index (χ4v) is 5.08. The summed E-state index contributed by atoms with van der Waals surface area (Å²) in [7, 11) is 1.60. The highest BCUT2D eigenvalue weighted by atomic mass is 35.5. The van der Waals surface area contributed by atoms with E-state index < -0.39 is 29.8 Å². The number of anilines is 2. The number of amides is 4. The summed E-state index contributed by atoms with van der Waals surface area (Å²) in [6.45, 7) is 2.00. The summed E-state index contributed by atoms with van der Waals surface area (Å²) in [5, 5.41) is 3.96. The number of hydrogen-bond donors (Lipinski definition) is 2. The number of nitrogens with two attached hydrogens (primary N) is 1. The van der Waals surface area contributed by atoms with Crippen LogP contribution in [-0.4, -0.2) is 40.8 Å². The third-order valence-electron chi connectivity index (χ3n) is 6.64. The van der Waals surface area contributed by atoms with Crippen molar-refractivity contribution in [3.63, 3.8) is 0 Å². The van der Waals surface area contributed by atoms with Crippen molar-refractivity contribution in [1.29, 1.82) is 0 Å². The lowest BCUT2D eigenvalue weighted by molar-refractivity contribution is -0.156. The highest BCUT2D eigenvalue weighted by molar-refractivity contribution is 6.31. The van der Waals surface area contributed by atoms with Crippen LogP contribution in [0.2, 0.25) is 10.0 Å². The molecule has 38 heavy (non-hydrogen) atoms. The van der Waals surface area contributed by atoms with Gasteiger partial charge in [-0.05, 0) is 66.4 Å². The van der Waals surface area contributed by atoms with E-state index in [1.807, 2.05) is 19.1 Å². The highest BCUT2D eigenvalue weighted by Gasteiger charge is 2.55. The van der Waals surface area contributed by atoms with Crippen molar-refractivity contribution in [1.82, 2.24) is 15.2 Å². The smallest absolute Gasteiger partial charge is 0.325 e. The van der Waals surface area contributed by atoms with Gasteiger partial charge in [-0.25, -0.2) is 9.78 Å². The van der Waals surface area contributed by atoms with Crippen LogP contribution < -0.4 is 16.0 Å². The number of rotatable bonds is 8. The van der Waals surface area contributed by atoms with E-state index in [9.17, 15) is 14.4 Å². The first-order chi connectivity index (χ1) is 18.2. The molecule has 10 heteroatoms. The van der Waals surface area contributed by atoms with Crippen LogP contribution >= 0.6 is 23.2 Å². The zero-order chi connectivity index (χ0) is 27.4. The van der Waals surface area contributed by atoms with E-state index in [4.69, 9.17) is 28.9 Å². The molecule has 1 fully saturated rings. The Morgan fingerprint density at radius 2 is 1.82 bits per heavy atom. The van der Waals surface area contributed by atoms with Gasteiger partial charge in [0.2, 0.25) is 5.91 Å². The second-order valence-corrected chi connectivity index (χ2v) is 10.1. The summed E-state index contributed by atoms with van der Waals surface area (Å²) < 4.78 is 0. The molecule has 1 saturated heterocycles. The van der Waals surface area contributed by atoms with Crippen LogP contribution in [0.25, 0.3) is 0 Å². The molecule has 3 atom stereocenters. The number of β-lactam (4-membered cyclic amide) rings is 1. The first kappa shape index (κ1) is 27.4. The van der Waals surface area contributed by atoms with Crippen LogP contribution in [0.5, 0.6) is 0 Å². The summed E-state index contributed by atoms with van der Waals surface area (Å²) in [4.78, 5) is 47.0. The molecular formula is C28H29Cl2N5O3. The molecular weight excluding hydrogens is 525 g/mol. The average molecular weight is 554 g/mol. The maximum atomic E-state index is 13.7. The van der Waals surface area contributed by atoms with Crippen LogP contribution in [0.1, 0.15) is 36.9 Å². The van der Waals surface area contributed by atoms with Gasteiger partial charge in [0, 0.05) is 29.0 Å². The number of benzene rings is 2. The van der Waals surface area contributed by atoms with Gasteiger partial charge in [0.25, 0.3) is 5.91 Å². The first-order valence-electron chi connectivity index (χ1n) is 12.3. The molecule has 2 heterocycles. The van der Waals surface area contributed by atoms with E-state index in [0.717, 1.165) is 22.4 Å². The number of nitrogens with one attached hydrogen (secondary N) is 1. The van der Waals surface area contributed by atoms with Crippen LogP contribution in [0.3, 0.4) is 0 Å². The molecule has 2 aromatic carbocycles. The van der Waals surface area contributed by atoms with Crippen molar-refractivity contribution in [2.45, 2.75) is 38.3 Å². The molecule has 3 aromatic rings. The van der Waals surface area contributed by atoms with Crippen molar-refractivity contribution in [2.24, 2.45) is 5.92 Å². The van der Waals surface area contributed by atoms with Gasteiger partial charge < -0.3 is 16.0 Å². The van der Waals surface area contributed by atoms with Gasteiger partial charge >= 0.3 is 6.03 Å². The van der Waals surface area contributed by atoms with Gasteiger partial charge in [0.15, 0.2) is 0 Å². The Morgan fingerprint density at radius 3 is 2.47 bits per heavy atom. The molecule has 4 amide bonds. The number of hydrogen-bond acceptors (Lipinski definition) is 5. The average Bonchev–Trinajstić information content (AvgIpc) is 2.89. The van der Waals surface area contributed by atoms with E-state index in [-0.39, 0.29) is 12.5 Å². The number of urea groups is 1. The van der Waals surface area contributed by atoms with E-state index in [1.54, 1.807) is 61.8 Å². The second kappa shape index (κ2) is 11.8. The highest BCUT2D eigenvalue weighted by Crippen LogP contribution is 2.34. The molecule has 1 aliphatic heterocycles. The molecule has 0 unspecified atom stereocenters. The van der Waals surface area contributed by atoms with E-state index in [0.29, 0.717) is 28.0 Å². The van der Waals surface area contributed by atoms with E-state index in [1.165, 1.54) is 4.90 Å². The number of likely N-dealkylation sites (N-methyl/N-ethyl adjacent to an activating group) is 1. The number of nitrogens with zero attached hydrogens (tertiary/aromatic N) is 3. The number of nitrogen functional groups attached to an aromatic ring is 1. The topological polar surface area (TPSA) is 109 Å². The predicted octanol–water partition coefficient (Wildman–Crippen LogP) is 5.25. The molecule has 198 valence electrons. The quantitative estimate of drug-likeness (QED) is 0.370. The normalized spacial score (nSPS) is 17.5. The molecule has 0 spiro atoms. The summed E-state index contributed by atoms with van der Waals surface area (Å²) in [5.41, 5.74) is 7.95. The number of carbonyl (C=O) groups excluding carboxylic acids is 3. The van der Waals surface area contributed by atoms with E-state index >= 15 is 0 Å². The largest absolute Gasteiger partial charge is 0.384 e. The van der Waals surface area contributed by atoms with Crippen molar-refractivity contribution in [2.75, 3.05) is 17.7 Å². The van der Waals surface area contributed by atoms with Gasteiger partial charge in [-0.3, -0.25) is 14.5 Å². The zero-order valence-electron chi connectivity index (χ0n) is 21.1. The van der Waals surface area contributed by atoms with Crippen molar-refractivity contribution in [3.05, 3.63) is 88.0 Å². The minimum Gasteiger partial charge on any atom is -0.384 e. The number of likely N-dealkylation sites (tertiary alicyclic amines) is 1. The monoisotopic (exact) mass is 553 g/mol. The molecule has 1 aliphatic rings. The Kier molecular flexibility index (Phi) is 8.54. The van der Waals surface area contributed by atoms with E-state index in [2.05, 4.69) is 10.3 Å². The maximum absolute atomic E-state index is 13.7. The van der Waals surface area contributed by atoms with Crippen LogP contribution in [-0.2, 0) is 16.0 Å². The second-order valence-electron chi connectivity index (χ2n) is 9.28. The minimum atomic E-state index is -1.01.